The van der Waals surface area contributed by atoms with E-state index in [9.17, 15) is 22.9 Å². The third-order valence-electron chi connectivity index (χ3n) is 2.48. The van der Waals surface area contributed by atoms with E-state index >= 15 is 0 Å². The van der Waals surface area contributed by atoms with Gasteiger partial charge in [0.2, 0.25) is 15.8 Å². The van der Waals surface area contributed by atoms with Crippen molar-refractivity contribution >= 4 is 43.0 Å². The van der Waals surface area contributed by atoms with Crippen molar-refractivity contribution in [3.63, 3.8) is 0 Å². The molecule has 6 nitrogen and oxygen atoms in total. The Morgan fingerprint density at radius 2 is 2.10 bits per heavy atom. The molecular formula is C11H8BrFN2O4S2. The summed E-state index contributed by atoms with van der Waals surface area (Å²) in [7, 11) is -3.95. The van der Waals surface area contributed by atoms with Gasteiger partial charge in [-0.1, -0.05) is 0 Å². The maximum Gasteiger partial charge on any atom is 0.306 e. The van der Waals surface area contributed by atoms with Crippen LogP contribution in [0.25, 0.3) is 0 Å². The van der Waals surface area contributed by atoms with Crippen LogP contribution in [-0.2, 0) is 16.6 Å². The molecule has 0 amide bonds. The van der Waals surface area contributed by atoms with Gasteiger partial charge in [0.25, 0.3) is 0 Å². The molecule has 21 heavy (non-hydrogen) atoms. The minimum absolute atomic E-state index is 0.0454. The highest BCUT2D eigenvalue weighted by atomic mass is 79.9. The molecule has 10 heteroatoms. The van der Waals surface area contributed by atoms with E-state index < -0.39 is 26.5 Å². The van der Waals surface area contributed by atoms with Gasteiger partial charge in [0.1, 0.15) is 0 Å². The van der Waals surface area contributed by atoms with Crippen molar-refractivity contribution in [3.05, 3.63) is 54.9 Å². The van der Waals surface area contributed by atoms with Crippen molar-refractivity contribution in [2.45, 2.75) is 11.4 Å². The van der Waals surface area contributed by atoms with Crippen molar-refractivity contribution in [2.24, 2.45) is 0 Å². The second kappa shape index (κ2) is 6.18. The highest BCUT2D eigenvalue weighted by molar-refractivity contribution is 9.10. The fourth-order valence-electron chi connectivity index (χ4n) is 1.50. The van der Waals surface area contributed by atoms with E-state index in [-0.39, 0.29) is 11.4 Å². The summed E-state index contributed by atoms with van der Waals surface area (Å²) in [6.07, 6.45) is 0. The summed E-state index contributed by atoms with van der Waals surface area (Å²) in [6.45, 7) is 0.0454. The van der Waals surface area contributed by atoms with Crippen molar-refractivity contribution in [2.75, 3.05) is 0 Å². The lowest BCUT2D eigenvalue weighted by atomic mass is 10.3. The molecule has 1 heterocycles. The van der Waals surface area contributed by atoms with E-state index in [1.165, 1.54) is 11.3 Å². The molecule has 0 unspecified atom stereocenters. The van der Waals surface area contributed by atoms with Crippen LogP contribution in [0.3, 0.4) is 0 Å². The average Bonchev–Trinajstić information content (AvgIpc) is 2.82. The fraction of sp³-hybridized carbons (Fsp3) is 0.0909. The number of nitrogens with zero attached hydrogens (tertiary/aromatic N) is 1. The first-order valence-corrected chi connectivity index (χ1v) is 8.62. The maximum absolute atomic E-state index is 13.2. The molecule has 0 saturated carbocycles. The number of sulfonamides is 1. The van der Waals surface area contributed by atoms with Crippen LogP contribution >= 0.6 is 27.3 Å². The highest BCUT2D eigenvalue weighted by Crippen LogP contribution is 2.23. The lowest BCUT2D eigenvalue weighted by Crippen LogP contribution is -2.23. The number of nitro benzene ring substituents is 1. The van der Waals surface area contributed by atoms with Gasteiger partial charge in [-0.15, -0.1) is 11.3 Å². The van der Waals surface area contributed by atoms with Gasteiger partial charge in [-0.2, -0.15) is 4.39 Å². The van der Waals surface area contributed by atoms with Gasteiger partial charge >= 0.3 is 5.69 Å². The van der Waals surface area contributed by atoms with Gasteiger partial charge in [-0.05, 0) is 34.1 Å². The molecule has 0 fully saturated rings. The zero-order valence-corrected chi connectivity index (χ0v) is 13.5. The van der Waals surface area contributed by atoms with Crippen molar-refractivity contribution in [1.82, 2.24) is 4.72 Å². The molecule has 0 radical (unpaired) electrons. The van der Waals surface area contributed by atoms with Crippen LogP contribution in [0.5, 0.6) is 0 Å². The molecule has 0 aliphatic carbocycles. The van der Waals surface area contributed by atoms with Crippen molar-refractivity contribution in [1.29, 1.82) is 0 Å². The first-order valence-electron chi connectivity index (χ1n) is 5.46. The number of nitro groups is 1. The topological polar surface area (TPSA) is 89.3 Å². The zero-order valence-electron chi connectivity index (χ0n) is 10.2. The van der Waals surface area contributed by atoms with Gasteiger partial charge in [0, 0.05) is 27.3 Å². The first-order chi connectivity index (χ1) is 9.79. The Bertz CT molecular complexity index is 791. The van der Waals surface area contributed by atoms with E-state index in [2.05, 4.69) is 20.7 Å². The molecule has 0 bridgehead atoms. The number of benzene rings is 1. The summed E-state index contributed by atoms with van der Waals surface area (Å²) < 4.78 is 40.4. The van der Waals surface area contributed by atoms with Crippen LogP contribution in [0.15, 0.2) is 39.0 Å². The first kappa shape index (κ1) is 16.0. The Morgan fingerprint density at radius 3 is 2.67 bits per heavy atom. The number of hydrogen-bond donors (Lipinski definition) is 1. The predicted octanol–water partition coefficient (Wildman–Crippen LogP) is 3.04. The molecule has 112 valence electrons. The maximum atomic E-state index is 13.2. The van der Waals surface area contributed by atoms with Gasteiger partial charge in [0.05, 0.1) is 9.82 Å². The molecule has 0 aliphatic rings. The summed E-state index contributed by atoms with van der Waals surface area (Å²) in [5.74, 6) is -1.08. The third-order valence-corrected chi connectivity index (χ3v) is 5.58. The lowest BCUT2D eigenvalue weighted by Gasteiger charge is -2.05. The molecule has 1 aromatic heterocycles. The van der Waals surface area contributed by atoms with E-state index in [0.29, 0.717) is 6.07 Å². The van der Waals surface area contributed by atoms with E-state index in [0.717, 1.165) is 21.5 Å². The summed E-state index contributed by atoms with van der Waals surface area (Å²) in [4.78, 5) is 10.1. The molecule has 0 spiro atoms. The Hall–Kier alpha value is -1.36. The molecule has 0 atom stereocenters. The smallest absolute Gasteiger partial charge is 0.258 e. The van der Waals surface area contributed by atoms with Crippen LogP contribution < -0.4 is 4.72 Å². The summed E-state index contributed by atoms with van der Waals surface area (Å²) in [5.41, 5.74) is -0.878. The van der Waals surface area contributed by atoms with Gasteiger partial charge < -0.3 is 0 Å². The molecule has 1 aromatic carbocycles. The largest absolute Gasteiger partial charge is 0.306 e. The summed E-state index contributed by atoms with van der Waals surface area (Å²) in [6, 6.07) is 4.19. The Morgan fingerprint density at radius 1 is 1.38 bits per heavy atom. The molecule has 0 aliphatic heterocycles. The molecule has 1 N–H and O–H groups in total. The van der Waals surface area contributed by atoms with E-state index in [1.54, 1.807) is 11.4 Å². The second-order valence-electron chi connectivity index (χ2n) is 3.93. The van der Waals surface area contributed by atoms with E-state index in [4.69, 9.17) is 0 Å². The van der Waals surface area contributed by atoms with Crippen LogP contribution in [0, 0.1) is 15.9 Å². The highest BCUT2D eigenvalue weighted by Gasteiger charge is 2.21. The Kier molecular flexibility index (Phi) is 4.71. The Labute approximate surface area is 131 Å². The minimum Gasteiger partial charge on any atom is -0.258 e. The van der Waals surface area contributed by atoms with Gasteiger partial charge in [0.15, 0.2) is 0 Å². The molecule has 2 aromatic rings. The summed E-state index contributed by atoms with van der Waals surface area (Å²) >= 11 is 4.60. The van der Waals surface area contributed by atoms with Crippen LogP contribution in [0.2, 0.25) is 0 Å². The number of thiophene rings is 1. The lowest BCUT2D eigenvalue weighted by molar-refractivity contribution is -0.387. The third kappa shape index (κ3) is 3.84. The normalized spacial score (nSPS) is 11.5. The number of rotatable bonds is 5. The second-order valence-corrected chi connectivity index (χ2v) is 7.60. The zero-order chi connectivity index (χ0) is 15.6. The summed E-state index contributed by atoms with van der Waals surface area (Å²) in [5, 5.41) is 12.4. The van der Waals surface area contributed by atoms with E-state index in [1.807, 2.05) is 0 Å². The molecule has 2 rings (SSSR count). The minimum atomic E-state index is -3.95. The molecular weight excluding hydrogens is 387 g/mol. The average molecular weight is 395 g/mol. The Balaban J connectivity index is 2.23. The van der Waals surface area contributed by atoms with Crippen LogP contribution in [0.4, 0.5) is 10.1 Å². The number of hydrogen-bond acceptors (Lipinski definition) is 5. The molecule has 0 saturated heterocycles. The quantitative estimate of drug-likeness (QED) is 0.623. The SMILES string of the molecule is O=[N+]([O-])c1cc(S(=O)(=O)NCc2cc(Br)cs2)ccc1F. The van der Waals surface area contributed by atoms with Gasteiger partial charge in [-0.3, -0.25) is 10.1 Å². The van der Waals surface area contributed by atoms with Crippen LogP contribution in [-0.4, -0.2) is 13.3 Å². The fourth-order valence-corrected chi connectivity index (χ4v) is 4.00. The van der Waals surface area contributed by atoms with Crippen LogP contribution in [0.1, 0.15) is 4.88 Å². The standard InChI is InChI=1S/C11H8BrFN2O4S2/c12-7-3-8(20-6-7)5-14-21(18,19)9-1-2-10(13)11(4-9)15(16)17/h1-4,6,14H,5H2. The van der Waals surface area contributed by atoms with Crippen molar-refractivity contribution in [3.8, 4) is 0 Å². The number of nitrogens with one attached hydrogen (secondary N) is 1. The van der Waals surface area contributed by atoms with Gasteiger partial charge in [-0.25, -0.2) is 13.1 Å². The number of halogens is 2. The predicted molar refractivity (Wildman–Crippen MR) is 79.1 cm³/mol. The van der Waals surface area contributed by atoms with Crippen molar-refractivity contribution < 1.29 is 17.7 Å². The monoisotopic (exact) mass is 394 g/mol.